The summed E-state index contributed by atoms with van der Waals surface area (Å²) in [5, 5.41) is 0. The van der Waals surface area contributed by atoms with Crippen LogP contribution in [0.25, 0.3) is 0 Å². The molecule has 0 bridgehead atoms. The van der Waals surface area contributed by atoms with Crippen LogP contribution in [0.3, 0.4) is 0 Å². The van der Waals surface area contributed by atoms with Crippen molar-refractivity contribution in [2.45, 2.75) is 6.18 Å². The Kier molecular flexibility index (Phi) is 5.67. The molecule has 40 valence electrons. The van der Waals surface area contributed by atoms with Crippen molar-refractivity contribution < 1.29 is 44.2 Å². The summed E-state index contributed by atoms with van der Waals surface area (Å²) < 4.78 is 32.0. The Balaban J connectivity index is -0.000000125. The van der Waals surface area contributed by atoms with Crippen LogP contribution in [0.2, 0.25) is 0 Å². The topological polar surface area (TPSA) is 26.0 Å². The van der Waals surface area contributed by atoms with E-state index in [9.17, 15) is 13.2 Å². The summed E-state index contributed by atoms with van der Waals surface area (Å²) in [4.78, 5) is 0. The van der Waals surface area contributed by atoms with Crippen LogP contribution in [0, 0.1) is 0 Å². The molecule has 0 fully saturated rings. The van der Waals surface area contributed by atoms with E-state index in [4.69, 9.17) is 0 Å². The molecule has 0 aliphatic heterocycles. The molecule has 0 unspecified atom stereocenters. The Bertz CT molecular complexity index is 47.0. The average Bonchev–Trinajstić information content (AvgIpc) is 1.35. The molecule has 0 heterocycles. The first-order valence-corrected chi connectivity index (χ1v) is 1.33. The summed E-state index contributed by atoms with van der Waals surface area (Å²) in [6, 6.07) is 0. The molecule has 7 heavy (non-hydrogen) atoms. The summed E-state index contributed by atoms with van der Waals surface area (Å²) in [5.74, 6) is 0. The minimum atomic E-state index is -4.18. The average molecular weight is 123 g/mol. The minimum Gasteiger partial charge on any atom is -1.00 e. The second kappa shape index (κ2) is 3.72. The summed E-state index contributed by atoms with van der Waals surface area (Å²) in [6.45, 7) is -1.23. The zero-order valence-electron chi connectivity index (χ0n) is 4.92. The van der Waals surface area contributed by atoms with Gasteiger partial charge in [-0.25, -0.2) is 0 Å². The fourth-order valence-corrected chi connectivity index (χ4v) is 0. The molecule has 0 aromatic carbocycles. The number of nitrogens with two attached hydrogens (primary N) is 1. The predicted octanol–water partition coefficient (Wildman–Crippen LogP) is -2.38. The molecule has 0 atom stereocenters. The monoisotopic (exact) mass is 123 g/mol. The van der Waals surface area contributed by atoms with Gasteiger partial charge in [0.05, 0.1) is 6.54 Å². The molecule has 0 spiro atoms. The standard InChI is InChI=1S/C2H4F3N.Na.H/c3-2(4,5)1-6;;/h1,6H2;;/q;+1;-1. The van der Waals surface area contributed by atoms with Crippen molar-refractivity contribution in [1.29, 1.82) is 0 Å². The zero-order valence-corrected chi connectivity index (χ0v) is 5.92. The number of hydrogen-bond donors (Lipinski definition) is 1. The van der Waals surface area contributed by atoms with Crippen LogP contribution >= 0.6 is 0 Å². The van der Waals surface area contributed by atoms with Crippen molar-refractivity contribution in [3.05, 3.63) is 0 Å². The number of hydrogen-bond acceptors (Lipinski definition) is 1. The first-order valence-electron chi connectivity index (χ1n) is 1.33. The maximum Gasteiger partial charge on any atom is 1.00 e. The van der Waals surface area contributed by atoms with E-state index in [-0.39, 0.29) is 31.0 Å². The summed E-state index contributed by atoms with van der Waals surface area (Å²) in [5.41, 5.74) is 4.18. The summed E-state index contributed by atoms with van der Waals surface area (Å²) in [7, 11) is 0. The second-order valence-corrected chi connectivity index (χ2v) is 0.819. The van der Waals surface area contributed by atoms with E-state index in [0.717, 1.165) is 0 Å². The third kappa shape index (κ3) is 10.8. The molecule has 0 saturated carbocycles. The summed E-state index contributed by atoms with van der Waals surface area (Å²) >= 11 is 0. The van der Waals surface area contributed by atoms with Crippen molar-refractivity contribution in [2.24, 2.45) is 5.73 Å². The van der Waals surface area contributed by atoms with Crippen molar-refractivity contribution in [1.82, 2.24) is 0 Å². The Hall–Kier alpha value is 0.750. The molecule has 0 radical (unpaired) electrons. The molecular weight excluding hydrogens is 118 g/mol. The Labute approximate surface area is 62.8 Å². The van der Waals surface area contributed by atoms with Gasteiger partial charge in [-0.1, -0.05) is 0 Å². The van der Waals surface area contributed by atoms with Crippen LogP contribution in [0.5, 0.6) is 0 Å². The Morgan fingerprint density at radius 3 is 1.57 bits per heavy atom. The van der Waals surface area contributed by atoms with Gasteiger partial charge in [-0.2, -0.15) is 13.2 Å². The Morgan fingerprint density at radius 1 is 1.43 bits per heavy atom. The van der Waals surface area contributed by atoms with Gasteiger partial charge >= 0.3 is 35.7 Å². The fourth-order valence-electron chi connectivity index (χ4n) is 0. The maximum absolute atomic E-state index is 10.7. The van der Waals surface area contributed by atoms with E-state index in [1.807, 2.05) is 0 Å². The van der Waals surface area contributed by atoms with Crippen LogP contribution in [0.15, 0.2) is 0 Å². The van der Waals surface area contributed by atoms with Crippen LogP contribution in [0.4, 0.5) is 13.2 Å². The molecule has 5 heteroatoms. The van der Waals surface area contributed by atoms with Crippen LogP contribution < -0.4 is 35.3 Å². The predicted molar refractivity (Wildman–Crippen MR) is 16.2 cm³/mol. The van der Waals surface area contributed by atoms with Crippen molar-refractivity contribution in [3.8, 4) is 0 Å². The molecule has 0 saturated heterocycles. The molecule has 0 rings (SSSR count). The molecular formula is C2H5F3NNa. The van der Waals surface area contributed by atoms with E-state index < -0.39 is 12.7 Å². The van der Waals surface area contributed by atoms with Crippen molar-refractivity contribution in [3.63, 3.8) is 0 Å². The van der Waals surface area contributed by atoms with Gasteiger partial charge in [-0.15, -0.1) is 0 Å². The van der Waals surface area contributed by atoms with Crippen LogP contribution in [0.1, 0.15) is 1.43 Å². The normalized spacial score (nSPS) is 10.3. The molecule has 0 aromatic rings. The fraction of sp³-hybridized carbons (Fsp3) is 1.00. The Morgan fingerprint density at radius 2 is 1.57 bits per heavy atom. The van der Waals surface area contributed by atoms with Gasteiger partial charge in [0.25, 0.3) is 0 Å². The van der Waals surface area contributed by atoms with Crippen LogP contribution in [-0.4, -0.2) is 12.7 Å². The van der Waals surface area contributed by atoms with Gasteiger partial charge in [0.2, 0.25) is 0 Å². The van der Waals surface area contributed by atoms with Crippen molar-refractivity contribution >= 4 is 0 Å². The van der Waals surface area contributed by atoms with E-state index in [1.165, 1.54) is 0 Å². The number of halogens is 3. The van der Waals surface area contributed by atoms with Gasteiger partial charge in [0.15, 0.2) is 0 Å². The van der Waals surface area contributed by atoms with Gasteiger partial charge in [0, 0.05) is 0 Å². The third-order valence-corrected chi connectivity index (χ3v) is 0.231. The molecule has 2 N–H and O–H groups in total. The molecule has 0 aromatic heterocycles. The van der Waals surface area contributed by atoms with E-state index in [1.54, 1.807) is 0 Å². The first-order chi connectivity index (χ1) is 2.56. The second-order valence-electron chi connectivity index (χ2n) is 0.819. The maximum atomic E-state index is 10.7. The molecule has 0 aliphatic carbocycles. The summed E-state index contributed by atoms with van der Waals surface area (Å²) in [6.07, 6.45) is -4.18. The number of alkyl halides is 3. The first kappa shape index (κ1) is 10.7. The van der Waals surface area contributed by atoms with Crippen molar-refractivity contribution in [2.75, 3.05) is 6.54 Å². The van der Waals surface area contributed by atoms with Gasteiger partial charge < -0.3 is 7.16 Å². The van der Waals surface area contributed by atoms with E-state index >= 15 is 0 Å². The minimum absolute atomic E-state index is 0. The number of rotatable bonds is 0. The van der Waals surface area contributed by atoms with Crippen LogP contribution in [-0.2, 0) is 0 Å². The molecule has 1 nitrogen and oxygen atoms in total. The third-order valence-electron chi connectivity index (χ3n) is 0.231. The zero-order chi connectivity index (χ0) is 5.21. The van der Waals surface area contributed by atoms with Gasteiger partial charge in [-0.3, -0.25) is 0 Å². The molecule has 0 aliphatic rings. The van der Waals surface area contributed by atoms with E-state index in [0.29, 0.717) is 0 Å². The largest absolute Gasteiger partial charge is 1.00 e. The van der Waals surface area contributed by atoms with E-state index in [2.05, 4.69) is 5.73 Å². The molecule has 0 amide bonds. The quantitative estimate of drug-likeness (QED) is 0.358. The SMILES string of the molecule is NCC(F)(F)F.[H-].[Na+]. The smallest absolute Gasteiger partial charge is 1.00 e. The van der Waals surface area contributed by atoms with Gasteiger partial charge in [0.1, 0.15) is 0 Å². The van der Waals surface area contributed by atoms with Gasteiger partial charge in [-0.05, 0) is 0 Å².